The Balaban J connectivity index is 2.83. The van der Waals surface area contributed by atoms with E-state index in [0.717, 1.165) is 4.47 Å². The molecule has 0 aliphatic rings. The molecule has 1 rings (SSSR count). The Labute approximate surface area is 84.2 Å². The Morgan fingerprint density at radius 3 is 2.46 bits per heavy atom. The number of hydrogen-bond acceptors (Lipinski definition) is 2. The number of hydroxylamine groups is 1. The number of urea groups is 1. The summed E-state index contributed by atoms with van der Waals surface area (Å²) in [5.41, 5.74) is 0.419. The molecule has 0 bridgehead atoms. The minimum absolute atomic E-state index is 0.419. The van der Waals surface area contributed by atoms with E-state index >= 15 is 0 Å². The van der Waals surface area contributed by atoms with Crippen molar-refractivity contribution in [3.63, 3.8) is 0 Å². The highest BCUT2D eigenvalue weighted by Gasteiger charge is 2.09. The molecule has 4 nitrogen and oxygen atoms in total. The van der Waals surface area contributed by atoms with Gasteiger partial charge in [-0.05, 0) is 24.3 Å². The lowest BCUT2D eigenvalue weighted by Gasteiger charge is -2.13. The molecule has 1 aromatic carbocycles. The van der Waals surface area contributed by atoms with E-state index in [9.17, 15) is 10.0 Å². The predicted octanol–water partition coefficient (Wildman–Crippen LogP) is 1.98. The van der Waals surface area contributed by atoms with Crippen LogP contribution in [0.4, 0.5) is 10.5 Å². The van der Waals surface area contributed by atoms with Crippen molar-refractivity contribution in [1.82, 2.24) is 5.32 Å². The molecule has 0 spiro atoms. The van der Waals surface area contributed by atoms with Crippen LogP contribution < -0.4 is 10.4 Å². The first-order valence-electron chi connectivity index (χ1n) is 3.61. The van der Waals surface area contributed by atoms with E-state index in [-0.39, 0.29) is 0 Å². The molecule has 0 aliphatic carbocycles. The van der Waals surface area contributed by atoms with Crippen molar-refractivity contribution in [3.8, 4) is 0 Å². The van der Waals surface area contributed by atoms with E-state index in [1.807, 2.05) is 0 Å². The fraction of sp³-hybridized carbons (Fsp3) is 0.125. The van der Waals surface area contributed by atoms with Gasteiger partial charge >= 0.3 is 6.03 Å². The van der Waals surface area contributed by atoms with E-state index in [0.29, 0.717) is 10.8 Å². The molecule has 1 aromatic rings. The summed E-state index contributed by atoms with van der Waals surface area (Å²) in [6.45, 7) is 0. The number of amides is 2. The minimum atomic E-state index is -0.567. The highest BCUT2D eigenvalue weighted by atomic mass is 79.9. The van der Waals surface area contributed by atoms with Gasteiger partial charge < -0.3 is 5.32 Å². The van der Waals surface area contributed by atoms with Gasteiger partial charge in [0.1, 0.15) is 0 Å². The number of carbonyl (C=O) groups excluding carboxylic acids is 1. The zero-order valence-electron chi connectivity index (χ0n) is 6.99. The molecule has 0 radical (unpaired) electrons. The largest absolute Gasteiger partial charge is 0.345 e. The molecule has 0 heterocycles. The summed E-state index contributed by atoms with van der Waals surface area (Å²) in [5.74, 6) is 0. The summed E-state index contributed by atoms with van der Waals surface area (Å²) in [5, 5.41) is 12.1. The molecule has 0 fully saturated rings. The maximum atomic E-state index is 11.0. The number of anilines is 1. The Kier molecular flexibility index (Phi) is 3.27. The number of hydrogen-bond donors (Lipinski definition) is 2. The number of nitrogens with zero attached hydrogens (tertiary/aromatic N) is 1. The molecule has 0 saturated carbocycles. The van der Waals surface area contributed by atoms with Crippen LogP contribution in [0, 0.1) is 0 Å². The summed E-state index contributed by atoms with van der Waals surface area (Å²) in [7, 11) is 1.45. The molecular weight excluding hydrogens is 236 g/mol. The average Bonchev–Trinajstić information content (AvgIpc) is 2.17. The molecule has 0 aromatic heterocycles. The minimum Gasteiger partial charge on any atom is -0.339 e. The first kappa shape index (κ1) is 10.0. The number of benzene rings is 1. The third kappa shape index (κ3) is 2.43. The van der Waals surface area contributed by atoms with Crippen molar-refractivity contribution in [2.24, 2.45) is 0 Å². The molecule has 0 atom stereocenters. The first-order valence-corrected chi connectivity index (χ1v) is 4.40. The third-order valence-corrected chi connectivity index (χ3v) is 2.01. The lowest BCUT2D eigenvalue weighted by Crippen LogP contribution is -2.35. The zero-order valence-corrected chi connectivity index (χ0v) is 8.58. The van der Waals surface area contributed by atoms with Crippen molar-refractivity contribution in [2.75, 3.05) is 12.1 Å². The summed E-state index contributed by atoms with van der Waals surface area (Å²) >= 11 is 3.25. The maximum Gasteiger partial charge on any atom is 0.345 e. The Morgan fingerprint density at radius 1 is 1.46 bits per heavy atom. The number of halogens is 1. The molecule has 0 unspecified atom stereocenters. The van der Waals surface area contributed by atoms with Gasteiger partial charge in [0.2, 0.25) is 0 Å². The topological polar surface area (TPSA) is 52.6 Å². The Bertz CT molecular complexity index is 300. The van der Waals surface area contributed by atoms with Crippen LogP contribution in [0.1, 0.15) is 0 Å². The second-order valence-electron chi connectivity index (χ2n) is 2.34. The predicted molar refractivity (Wildman–Crippen MR) is 52.9 cm³/mol. The van der Waals surface area contributed by atoms with E-state index in [1.165, 1.54) is 7.05 Å². The van der Waals surface area contributed by atoms with Crippen molar-refractivity contribution < 1.29 is 10.0 Å². The van der Waals surface area contributed by atoms with Crippen LogP contribution in [-0.2, 0) is 0 Å². The van der Waals surface area contributed by atoms with Gasteiger partial charge in [0.15, 0.2) is 0 Å². The molecule has 2 amide bonds. The summed E-state index contributed by atoms with van der Waals surface area (Å²) in [4.78, 5) is 11.0. The monoisotopic (exact) mass is 244 g/mol. The number of rotatable bonds is 1. The van der Waals surface area contributed by atoms with Crippen molar-refractivity contribution in [2.45, 2.75) is 0 Å². The van der Waals surface area contributed by atoms with Gasteiger partial charge in [-0.15, -0.1) is 0 Å². The van der Waals surface area contributed by atoms with Gasteiger partial charge in [0.05, 0.1) is 5.69 Å². The van der Waals surface area contributed by atoms with Crippen LogP contribution in [0.15, 0.2) is 28.7 Å². The lowest BCUT2D eigenvalue weighted by atomic mass is 10.3. The first-order chi connectivity index (χ1) is 6.15. The standard InChI is InChI=1S/C8H9BrN2O2/c1-10-8(12)11(13)7-4-2-6(9)3-5-7/h2-5,13H,1H3,(H,10,12). The van der Waals surface area contributed by atoms with Crippen molar-refractivity contribution in [1.29, 1.82) is 0 Å². The highest BCUT2D eigenvalue weighted by molar-refractivity contribution is 9.10. The van der Waals surface area contributed by atoms with Crippen molar-refractivity contribution in [3.05, 3.63) is 28.7 Å². The molecule has 13 heavy (non-hydrogen) atoms. The third-order valence-electron chi connectivity index (χ3n) is 1.48. The molecule has 0 aliphatic heterocycles. The van der Waals surface area contributed by atoms with Gasteiger partial charge in [0.25, 0.3) is 0 Å². The van der Waals surface area contributed by atoms with Gasteiger partial charge in [-0.25, -0.2) is 4.79 Å². The lowest BCUT2D eigenvalue weighted by molar-refractivity contribution is 0.206. The van der Waals surface area contributed by atoms with Crippen LogP contribution in [-0.4, -0.2) is 18.3 Å². The summed E-state index contributed by atoms with van der Waals surface area (Å²) in [6.07, 6.45) is 0. The fourth-order valence-electron chi connectivity index (χ4n) is 0.805. The highest BCUT2D eigenvalue weighted by Crippen LogP contribution is 2.16. The van der Waals surface area contributed by atoms with Crippen LogP contribution in [0.5, 0.6) is 0 Å². The van der Waals surface area contributed by atoms with Gasteiger partial charge in [-0.3, -0.25) is 5.21 Å². The number of nitrogens with one attached hydrogen (secondary N) is 1. The summed E-state index contributed by atoms with van der Waals surface area (Å²) in [6, 6.07) is 6.16. The Morgan fingerprint density at radius 2 is 2.00 bits per heavy atom. The second-order valence-corrected chi connectivity index (χ2v) is 3.26. The second kappa shape index (κ2) is 4.25. The maximum absolute atomic E-state index is 11.0. The van der Waals surface area contributed by atoms with Crippen LogP contribution in [0.3, 0.4) is 0 Å². The SMILES string of the molecule is CNC(=O)N(O)c1ccc(Br)cc1. The van der Waals surface area contributed by atoms with E-state index < -0.39 is 6.03 Å². The zero-order chi connectivity index (χ0) is 9.84. The van der Waals surface area contributed by atoms with Gasteiger partial charge in [-0.2, -0.15) is 5.06 Å². The molecule has 0 saturated heterocycles. The van der Waals surface area contributed by atoms with Crippen LogP contribution in [0.2, 0.25) is 0 Å². The average molecular weight is 245 g/mol. The van der Waals surface area contributed by atoms with E-state index in [4.69, 9.17) is 0 Å². The van der Waals surface area contributed by atoms with E-state index in [2.05, 4.69) is 21.2 Å². The summed E-state index contributed by atoms with van der Waals surface area (Å²) < 4.78 is 0.890. The van der Waals surface area contributed by atoms with Crippen LogP contribution >= 0.6 is 15.9 Å². The molecule has 5 heteroatoms. The van der Waals surface area contributed by atoms with Gasteiger partial charge in [0, 0.05) is 11.5 Å². The van der Waals surface area contributed by atoms with Crippen molar-refractivity contribution >= 4 is 27.6 Å². The fourth-order valence-corrected chi connectivity index (χ4v) is 1.07. The smallest absolute Gasteiger partial charge is 0.339 e. The quantitative estimate of drug-likeness (QED) is 0.587. The van der Waals surface area contributed by atoms with Gasteiger partial charge in [-0.1, -0.05) is 15.9 Å². The molecule has 70 valence electrons. The van der Waals surface area contributed by atoms with Crippen LogP contribution in [0.25, 0.3) is 0 Å². The molecule has 2 N–H and O–H groups in total. The number of carbonyl (C=O) groups is 1. The Hall–Kier alpha value is -1.07. The molecular formula is C8H9BrN2O2. The van der Waals surface area contributed by atoms with E-state index in [1.54, 1.807) is 24.3 Å². The normalized spacial score (nSPS) is 9.46.